The summed E-state index contributed by atoms with van der Waals surface area (Å²) in [6.45, 7) is 6.64. The molecule has 0 aromatic rings. The standard InChI is InChI=1S/C67H122O6/c1-4-7-10-13-16-19-22-25-27-29-30-31-32-33-34-35-36-37-38-39-41-42-45-48-51-54-57-60-66(69)72-63-64(62-71-65(68)59-56-53-50-47-44-24-21-18-15-12-9-6-3)73-67(70)61-58-55-52-49-46-43-40-28-26-23-20-17-14-11-8-5-2/h18,21-22,25,29-30,32-33,64H,4-17,19-20,23-24,26-28,31,34-63H2,1-3H3/b21-18-,25-22-,30-29-,33-32-. The minimum absolute atomic E-state index is 0.0729. The Bertz CT molecular complexity index is 1270. The van der Waals surface area contributed by atoms with Crippen LogP contribution in [0.15, 0.2) is 48.6 Å². The van der Waals surface area contributed by atoms with Crippen molar-refractivity contribution in [1.29, 1.82) is 0 Å². The molecule has 0 N–H and O–H groups in total. The number of ether oxygens (including phenoxy) is 3. The molecule has 0 aliphatic rings. The highest BCUT2D eigenvalue weighted by Crippen LogP contribution is 2.17. The first-order valence-corrected chi connectivity index (χ1v) is 32.1. The average molecular weight is 1020 g/mol. The maximum atomic E-state index is 12.9. The molecule has 0 aliphatic carbocycles. The molecule has 0 heterocycles. The Morgan fingerprint density at radius 1 is 0.274 bits per heavy atom. The molecule has 0 aromatic carbocycles. The fourth-order valence-electron chi connectivity index (χ4n) is 9.45. The number of hydrogen-bond donors (Lipinski definition) is 0. The van der Waals surface area contributed by atoms with E-state index in [9.17, 15) is 14.4 Å². The van der Waals surface area contributed by atoms with Crippen molar-refractivity contribution in [2.45, 2.75) is 348 Å². The summed E-state index contributed by atoms with van der Waals surface area (Å²) in [5.74, 6) is -0.864. The van der Waals surface area contributed by atoms with Crippen LogP contribution in [-0.2, 0) is 28.6 Å². The van der Waals surface area contributed by atoms with Crippen molar-refractivity contribution in [3.63, 3.8) is 0 Å². The van der Waals surface area contributed by atoms with Crippen LogP contribution in [0.3, 0.4) is 0 Å². The quantitative estimate of drug-likeness (QED) is 0.0261. The number of hydrogen-bond acceptors (Lipinski definition) is 6. The van der Waals surface area contributed by atoms with Crippen LogP contribution in [0.25, 0.3) is 0 Å². The molecular formula is C67H122O6. The minimum atomic E-state index is -0.774. The zero-order valence-electron chi connectivity index (χ0n) is 48.9. The predicted molar refractivity (Wildman–Crippen MR) is 316 cm³/mol. The van der Waals surface area contributed by atoms with E-state index in [1.54, 1.807) is 0 Å². The third-order valence-electron chi connectivity index (χ3n) is 14.3. The molecule has 1 unspecified atom stereocenters. The van der Waals surface area contributed by atoms with Crippen LogP contribution in [0.4, 0.5) is 0 Å². The zero-order valence-corrected chi connectivity index (χ0v) is 48.9. The third kappa shape index (κ3) is 60.1. The summed E-state index contributed by atoms with van der Waals surface area (Å²) in [4.78, 5) is 38.2. The van der Waals surface area contributed by atoms with Gasteiger partial charge in [0.15, 0.2) is 6.10 Å². The molecule has 0 aliphatic heterocycles. The second-order valence-corrected chi connectivity index (χ2v) is 21.7. The summed E-state index contributed by atoms with van der Waals surface area (Å²) in [6.07, 6.45) is 76.9. The van der Waals surface area contributed by atoms with E-state index in [1.165, 1.54) is 225 Å². The lowest BCUT2D eigenvalue weighted by atomic mass is 10.0. The van der Waals surface area contributed by atoms with Crippen molar-refractivity contribution >= 4 is 17.9 Å². The van der Waals surface area contributed by atoms with Crippen LogP contribution in [0.1, 0.15) is 342 Å². The number of carbonyl (C=O) groups is 3. The van der Waals surface area contributed by atoms with Crippen LogP contribution >= 0.6 is 0 Å². The van der Waals surface area contributed by atoms with Gasteiger partial charge in [-0.2, -0.15) is 0 Å². The SMILES string of the molecule is CCCCC/C=C\CCCCCCCC(=O)OCC(COC(=O)CCCCCCCCCCCCCC/C=C\C/C=C\C/C=C\CCCCCCC)OC(=O)CCCCCCCCCCCCCCCCCC. The first-order valence-electron chi connectivity index (χ1n) is 32.1. The Balaban J connectivity index is 4.22. The Morgan fingerprint density at radius 2 is 0.493 bits per heavy atom. The average Bonchev–Trinajstić information content (AvgIpc) is 3.39. The van der Waals surface area contributed by atoms with E-state index in [-0.39, 0.29) is 31.1 Å². The molecule has 0 spiro atoms. The monoisotopic (exact) mass is 1020 g/mol. The van der Waals surface area contributed by atoms with Gasteiger partial charge in [-0.25, -0.2) is 0 Å². The number of unbranched alkanes of at least 4 members (excludes halogenated alkanes) is 40. The second-order valence-electron chi connectivity index (χ2n) is 21.7. The summed E-state index contributed by atoms with van der Waals surface area (Å²) < 4.78 is 16.9. The lowest BCUT2D eigenvalue weighted by molar-refractivity contribution is -0.167. The van der Waals surface area contributed by atoms with Crippen LogP contribution in [0.2, 0.25) is 0 Å². The maximum absolute atomic E-state index is 12.9. The Hall–Kier alpha value is -2.63. The molecule has 0 saturated heterocycles. The van der Waals surface area contributed by atoms with Crippen LogP contribution in [0.5, 0.6) is 0 Å². The van der Waals surface area contributed by atoms with Gasteiger partial charge in [-0.3, -0.25) is 14.4 Å². The van der Waals surface area contributed by atoms with Crippen molar-refractivity contribution in [2.24, 2.45) is 0 Å². The number of carbonyl (C=O) groups excluding carboxylic acids is 3. The summed E-state index contributed by atoms with van der Waals surface area (Å²) in [7, 11) is 0. The minimum Gasteiger partial charge on any atom is -0.462 e. The first kappa shape index (κ1) is 70.4. The van der Waals surface area contributed by atoms with Gasteiger partial charge in [0.2, 0.25) is 0 Å². The third-order valence-corrected chi connectivity index (χ3v) is 14.3. The summed E-state index contributed by atoms with van der Waals surface area (Å²) in [5, 5.41) is 0. The highest BCUT2D eigenvalue weighted by Gasteiger charge is 2.19. The molecule has 0 fully saturated rings. The Morgan fingerprint density at radius 3 is 0.808 bits per heavy atom. The van der Waals surface area contributed by atoms with E-state index >= 15 is 0 Å². The maximum Gasteiger partial charge on any atom is 0.306 e. The summed E-state index contributed by atoms with van der Waals surface area (Å²) in [6, 6.07) is 0. The second kappa shape index (κ2) is 61.9. The lowest BCUT2D eigenvalue weighted by Crippen LogP contribution is -2.30. The van der Waals surface area contributed by atoms with E-state index in [0.29, 0.717) is 19.3 Å². The smallest absolute Gasteiger partial charge is 0.306 e. The Labute approximate surface area is 454 Å². The normalized spacial score (nSPS) is 12.3. The van der Waals surface area contributed by atoms with Crippen LogP contribution in [0, 0.1) is 0 Å². The van der Waals surface area contributed by atoms with Crippen LogP contribution in [-0.4, -0.2) is 37.2 Å². The lowest BCUT2D eigenvalue weighted by Gasteiger charge is -2.18. The van der Waals surface area contributed by atoms with Gasteiger partial charge in [-0.15, -0.1) is 0 Å². The number of allylic oxidation sites excluding steroid dienone is 8. The largest absolute Gasteiger partial charge is 0.462 e. The van der Waals surface area contributed by atoms with Crippen molar-refractivity contribution in [2.75, 3.05) is 13.2 Å². The van der Waals surface area contributed by atoms with Crippen molar-refractivity contribution < 1.29 is 28.6 Å². The van der Waals surface area contributed by atoms with E-state index < -0.39 is 6.10 Å². The van der Waals surface area contributed by atoms with Crippen LogP contribution < -0.4 is 0 Å². The van der Waals surface area contributed by atoms with Crippen molar-refractivity contribution in [3.8, 4) is 0 Å². The van der Waals surface area contributed by atoms with E-state index in [2.05, 4.69) is 69.4 Å². The van der Waals surface area contributed by atoms with Gasteiger partial charge in [0.1, 0.15) is 13.2 Å². The van der Waals surface area contributed by atoms with Gasteiger partial charge in [0.05, 0.1) is 0 Å². The number of rotatable bonds is 59. The van der Waals surface area contributed by atoms with Gasteiger partial charge in [0, 0.05) is 19.3 Å². The molecule has 426 valence electrons. The topological polar surface area (TPSA) is 78.9 Å². The molecule has 0 rings (SSSR count). The molecule has 73 heavy (non-hydrogen) atoms. The van der Waals surface area contributed by atoms with Gasteiger partial charge in [-0.1, -0.05) is 288 Å². The molecule has 0 amide bonds. The first-order chi connectivity index (χ1) is 36.0. The van der Waals surface area contributed by atoms with Gasteiger partial charge in [-0.05, 0) is 83.5 Å². The van der Waals surface area contributed by atoms with Gasteiger partial charge >= 0.3 is 17.9 Å². The van der Waals surface area contributed by atoms with Crippen molar-refractivity contribution in [3.05, 3.63) is 48.6 Å². The molecule has 0 radical (unpaired) electrons. The zero-order chi connectivity index (χ0) is 52.9. The molecular weight excluding hydrogens is 901 g/mol. The number of esters is 3. The van der Waals surface area contributed by atoms with Gasteiger partial charge < -0.3 is 14.2 Å². The molecule has 0 saturated carbocycles. The fourth-order valence-corrected chi connectivity index (χ4v) is 9.45. The van der Waals surface area contributed by atoms with E-state index in [4.69, 9.17) is 14.2 Å². The van der Waals surface area contributed by atoms with Crippen molar-refractivity contribution in [1.82, 2.24) is 0 Å². The molecule has 6 nitrogen and oxygen atoms in total. The fraction of sp³-hybridized carbons (Fsp3) is 0.836. The molecule has 0 aromatic heterocycles. The highest BCUT2D eigenvalue weighted by atomic mass is 16.6. The predicted octanol–water partition coefficient (Wildman–Crippen LogP) is 21.8. The molecule has 0 bridgehead atoms. The summed E-state index contributed by atoms with van der Waals surface area (Å²) in [5.41, 5.74) is 0. The van der Waals surface area contributed by atoms with E-state index in [1.807, 2.05) is 0 Å². The molecule has 6 heteroatoms. The van der Waals surface area contributed by atoms with Gasteiger partial charge in [0.25, 0.3) is 0 Å². The van der Waals surface area contributed by atoms with E-state index in [0.717, 1.165) is 77.0 Å². The molecule has 1 atom stereocenters. The Kier molecular flexibility index (Phi) is 59.7. The summed E-state index contributed by atoms with van der Waals surface area (Å²) >= 11 is 0. The highest BCUT2D eigenvalue weighted by molar-refractivity contribution is 5.71.